The third kappa shape index (κ3) is 2.91. The molecular weight excluding hydrogens is 264 g/mol. The SMILES string of the molecule is CC(C(=O)[O-])N1CCN(c2cccc3c2CCCC3)CC1. The maximum Gasteiger partial charge on any atom is 0.0583 e. The standard InChI is InChI=1S/C17H24N2O2/c1-13(17(20)21)18-9-11-19(12-10-18)16-8-4-6-14-5-2-3-7-15(14)16/h4,6,8,13H,2-3,5,7,9-12H2,1H3,(H,20,21)/p-1. The van der Waals surface area contributed by atoms with E-state index in [-0.39, 0.29) is 0 Å². The lowest BCUT2D eigenvalue weighted by atomic mass is 9.90. The maximum absolute atomic E-state index is 11.0. The molecule has 1 fully saturated rings. The summed E-state index contributed by atoms with van der Waals surface area (Å²) in [6, 6.07) is 6.15. The summed E-state index contributed by atoms with van der Waals surface area (Å²) in [4.78, 5) is 15.4. The third-order valence-corrected chi connectivity index (χ3v) is 4.91. The Morgan fingerprint density at radius 1 is 1.14 bits per heavy atom. The van der Waals surface area contributed by atoms with Crippen molar-refractivity contribution in [3.63, 3.8) is 0 Å². The van der Waals surface area contributed by atoms with Crippen molar-refractivity contribution in [1.82, 2.24) is 4.90 Å². The second-order valence-corrected chi connectivity index (χ2v) is 6.14. The number of hydrogen-bond donors (Lipinski definition) is 0. The van der Waals surface area contributed by atoms with Gasteiger partial charge in [-0.3, -0.25) is 4.90 Å². The summed E-state index contributed by atoms with van der Waals surface area (Å²) in [7, 11) is 0. The number of carboxylic acid groups (broad SMARTS) is 1. The lowest BCUT2D eigenvalue weighted by Gasteiger charge is -2.40. The highest BCUT2D eigenvalue weighted by molar-refractivity contribution is 5.70. The number of carbonyl (C=O) groups excluding carboxylic acids is 1. The van der Waals surface area contributed by atoms with Gasteiger partial charge in [-0.1, -0.05) is 12.1 Å². The van der Waals surface area contributed by atoms with E-state index in [1.54, 1.807) is 6.92 Å². The molecule has 0 radical (unpaired) electrons. The van der Waals surface area contributed by atoms with E-state index in [1.807, 2.05) is 4.90 Å². The van der Waals surface area contributed by atoms with E-state index in [2.05, 4.69) is 23.1 Å². The summed E-state index contributed by atoms with van der Waals surface area (Å²) < 4.78 is 0. The van der Waals surface area contributed by atoms with Crippen molar-refractivity contribution in [2.24, 2.45) is 0 Å². The number of rotatable bonds is 3. The van der Waals surface area contributed by atoms with Crippen molar-refractivity contribution in [3.05, 3.63) is 29.3 Å². The number of benzene rings is 1. The van der Waals surface area contributed by atoms with Crippen LogP contribution < -0.4 is 10.0 Å². The minimum atomic E-state index is -0.972. The minimum Gasteiger partial charge on any atom is -0.548 e. The van der Waals surface area contributed by atoms with Crippen LogP contribution in [0.5, 0.6) is 0 Å². The largest absolute Gasteiger partial charge is 0.548 e. The van der Waals surface area contributed by atoms with E-state index < -0.39 is 12.0 Å². The Labute approximate surface area is 126 Å². The number of anilines is 1. The predicted molar refractivity (Wildman–Crippen MR) is 81.3 cm³/mol. The zero-order chi connectivity index (χ0) is 14.8. The Bertz CT molecular complexity index is 522. The van der Waals surface area contributed by atoms with Gasteiger partial charge in [0.25, 0.3) is 0 Å². The first-order valence-electron chi connectivity index (χ1n) is 7.97. The first-order chi connectivity index (χ1) is 10.2. The fourth-order valence-electron chi connectivity index (χ4n) is 3.56. The van der Waals surface area contributed by atoms with Crippen LogP contribution in [0.3, 0.4) is 0 Å². The fraction of sp³-hybridized carbons (Fsp3) is 0.588. The van der Waals surface area contributed by atoms with Gasteiger partial charge in [0.05, 0.1) is 5.97 Å². The zero-order valence-corrected chi connectivity index (χ0v) is 12.7. The first kappa shape index (κ1) is 14.4. The Morgan fingerprint density at radius 3 is 2.57 bits per heavy atom. The molecule has 21 heavy (non-hydrogen) atoms. The summed E-state index contributed by atoms with van der Waals surface area (Å²) in [5, 5.41) is 11.0. The normalized spacial score (nSPS) is 20.9. The van der Waals surface area contributed by atoms with E-state index in [9.17, 15) is 9.90 Å². The molecule has 0 bridgehead atoms. The smallest absolute Gasteiger partial charge is 0.0583 e. The van der Waals surface area contributed by atoms with E-state index in [0.717, 1.165) is 26.2 Å². The molecular formula is C17H23N2O2-. The number of piperazine rings is 1. The van der Waals surface area contributed by atoms with Crippen molar-refractivity contribution in [2.75, 3.05) is 31.1 Å². The number of carboxylic acids is 1. The minimum absolute atomic E-state index is 0.489. The summed E-state index contributed by atoms with van der Waals surface area (Å²) in [6.45, 7) is 5.09. The van der Waals surface area contributed by atoms with Gasteiger partial charge in [0.1, 0.15) is 0 Å². The van der Waals surface area contributed by atoms with Crippen LogP contribution in [0.2, 0.25) is 0 Å². The Balaban J connectivity index is 1.71. The van der Waals surface area contributed by atoms with E-state index >= 15 is 0 Å². The van der Waals surface area contributed by atoms with Crippen LogP contribution in [-0.2, 0) is 17.6 Å². The molecule has 0 saturated carbocycles. The number of fused-ring (bicyclic) bond motifs is 1. The van der Waals surface area contributed by atoms with Crippen molar-refractivity contribution in [2.45, 2.75) is 38.6 Å². The van der Waals surface area contributed by atoms with Crippen molar-refractivity contribution < 1.29 is 9.90 Å². The molecule has 1 heterocycles. The van der Waals surface area contributed by atoms with Gasteiger partial charge in [-0.05, 0) is 49.8 Å². The number of nitrogens with zero attached hydrogens (tertiary/aromatic N) is 2. The van der Waals surface area contributed by atoms with Crippen molar-refractivity contribution >= 4 is 11.7 Å². The summed E-state index contributed by atoms with van der Waals surface area (Å²) >= 11 is 0. The van der Waals surface area contributed by atoms with Crippen molar-refractivity contribution in [1.29, 1.82) is 0 Å². The van der Waals surface area contributed by atoms with Crippen LogP contribution >= 0.6 is 0 Å². The molecule has 1 aromatic carbocycles. The Morgan fingerprint density at radius 2 is 1.86 bits per heavy atom. The molecule has 0 aromatic heterocycles. The summed E-state index contributed by atoms with van der Waals surface area (Å²) in [5.74, 6) is -0.972. The summed E-state index contributed by atoms with van der Waals surface area (Å²) in [5.41, 5.74) is 4.39. The van der Waals surface area contributed by atoms with Gasteiger partial charge < -0.3 is 14.8 Å². The number of aryl methyl sites for hydroxylation is 1. The molecule has 1 saturated heterocycles. The second kappa shape index (κ2) is 6.06. The Hall–Kier alpha value is -1.55. The summed E-state index contributed by atoms with van der Waals surface area (Å²) in [6.07, 6.45) is 4.96. The molecule has 2 aliphatic rings. The second-order valence-electron chi connectivity index (χ2n) is 6.14. The number of hydrogen-bond acceptors (Lipinski definition) is 4. The number of carbonyl (C=O) groups is 1. The van der Waals surface area contributed by atoms with Crippen LogP contribution in [0.15, 0.2) is 18.2 Å². The predicted octanol–water partition coefficient (Wildman–Crippen LogP) is 0.826. The third-order valence-electron chi connectivity index (χ3n) is 4.91. The molecule has 3 rings (SSSR count). The lowest BCUT2D eigenvalue weighted by molar-refractivity contribution is -0.311. The van der Waals surface area contributed by atoms with Crippen LogP contribution in [0.25, 0.3) is 0 Å². The van der Waals surface area contributed by atoms with Crippen LogP contribution in [0, 0.1) is 0 Å². The molecule has 0 spiro atoms. The molecule has 114 valence electrons. The molecule has 1 aliphatic heterocycles. The molecule has 0 amide bonds. The average molecular weight is 287 g/mol. The molecule has 1 atom stereocenters. The van der Waals surface area contributed by atoms with Gasteiger partial charge in [-0.15, -0.1) is 0 Å². The molecule has 4 nitrogen and oxygen atoms in total. The van der Waals surface area contributed by atoms with Gasteiger partial charge in [-0.25, -0.2) is 0 Å². The van der Waals surface area contributed by atoms with Gasteiger partial charge in [-0.2, -0.15) is 0 Å². The van der Waals surface area contributed by atoms with Gasteiger partial charge in [0.15, 0.2) is 0 Å². The lowest BCUT2D eigenvalue weighted by Crippen LogP contribution is -2.54. The highest BCUT2D eigenvalue weighted by atomic mass is 16.4. The van der Waals surface area contributed by atoms with E-state index in [1.165, 1.54) is 42.5 Å². The molecule has 1 unspecified atom stereocenters. The van der Waals surface area contributed by atoms with Gasteiger partial charge in [0, 0.05) is 37.9 Å². The maximum atomic E-state index is 11.0. The van der Waals surface area contributed by atoms with Crippen molar-refractivity contribution in [3.8, 4) is 0 Å². The molecule has 1 aromatic rings. The Kier molecular flexibility index (Phi) is 4.15. The van der Waals surface area contributed by atoms with E-state index in [4.69, 9.17) is 0 Å². The average Bonchev–Trinajstić information content (AvgIpc) is 2.53. The highest BCUT2D eigenvalue weighted by Crippen LogP contribution is 2.31. The molecule has 4 heteroatoms. The zero-order valence-electron chi connectivity index (χ0n) is 12.7. The van der Waals surface area contributed by atoms with Gasteiger partial charge in [0.2, 0.25) is 0 Å². The monoisotopic (exact) mass is 287 g/mol. The van der Waals surface area contributed by atoms with E-state index in [0.29, 0.717) is 0 Å². The molecule has 0 N–H and O–H groups in total. The van der Waals surface area contributed by atoms with Crippen LogP contribution in [-0.4, -0.2) is 43.1 Å². The topological polar surface area (TPSA) is 46.6 Å². The van der Waals surface area contributed by atoms with Crippen LogP contribution in [0.1, 0.15) is 30.9 Å². The fourth-order valence-corrected chi connectivity index (χ4v) is 3.56. The van der Waals surface area contributed by atoms with Gasteiger partial charge >= 0.3 is 0 Å². The first-order valence-corrected chi connectivity index (χ1v) is 7.97. The molecule has 1 aliphatic carbocycles. The number of aliphatic carboxylic acids is 1. The van der Waals surface area contributed by atoms with Crippen LogP contribution in [0.4, 0.5) is 5.69 Å². The quantitative estimate of drug-likeness (QED) is 0.826. The highest BCUT2D eigenvalue weighted by Gasteiger charge is 2.24.